The van der Waals surface area contributed by atoms with Crippen molar-refractivity contribution >= 4 is 11.6 Å². The average Bonchev–Trinajstić information content (AvgIpc) is 2.49. The van der Waals surface area contributed by atoms with Gasteiger partial charge in [0.15, 0.2) is 0 Å². The molecule has 0 amide bonds. The predicted molar refractivity (Wildman–Crippen MR) is 85.8 cm³/mol. The Hall–Kier alpha value is -1.36. The third-order valence-corrected chi connectivity index (χ3v) is 3.87. The van der Waals surface area contributed by atoms with Crippen LogP contribution in [-0.2, 0) is 6.42 Å². The maximum Gasteiger partial charge on any atom is 0.148 e. The lowest BCUT2D eigenvalue weighted by molar-refractivity contribution is 0.483. The van der Waals surface area contributed by atoms with Gasteiger partial charge >= 0.3 is 0 Å². The molecule has 20 heavy (non-hydrogen) atoms. The molecule has 0 spiro atoms. The van der Waals surface area contributed by atoms with Gasteiger partial charge in [-0.3, -0.25) is 0 Å². The van der Waals surface area contributed by atoms with Gasteiger partial charge in [0.1, 0.15) is 18.0 Å². The van der Waals surface area contributed by atoms with Crippen LogP contribution in [0, 0.1) is 5.92 Å². The number of nitrogen functional groups attached to an aromatic ring is 1. The van der Waals surface area contributed by atoms with Crippen molar-refractivity contribution in [3.8, 4) is 0 Å². The van der Waals surface area contributed by atoms with Gasteiger partial charge in [-0.25, -0.2) is 15.8 Å². The highest BCUT2D eigenvalue weighted by molar-refractivity contribution is 5.58. The summed E-state index contributed by atoms with van der Waals surface area (Å²) in [6.45, 7) is 10.8. The number of rotatable bonds is 9. The van der Waals surface area contributed by atoms with Gasteiger partial charge in [-0.1, -0.05) is 40.0 Å². The molecule has 0 aliphatic rings. The highest BCUT2D eigenvalue weighted by Crippen LogP contribution is 2.26. The minimum atomic E-state index is 0.702. The third kappa shape index (κ3) is 4.07. The molecule has 0 aliphatic carbocycles. The van der Waals surface area contributed by atoms with E-state index in [0.717, 1.165) is 43.1 Å². The number of nitrogens with two attached hydrogens (primary N) is 1. The molecule has 5 nitrogen and oxygen atoms in total. The molecule has 0 bridgehead atoms. The quantitative estimate of drug-likeness (QED) is 0.537. The fourth-order valence-electron chi connectivity index (χ4n) is 2.50. The van der Waals surface area contributed by atoms with E-state index < -0.39 is 0 Å². The topological polar surface area (TPSA) is 67.1 Å². The second-order valence-corrected chi connectivity index (χ2v) is 5.14. The van der Waals surface area contributed by atoms with Crippen molar-refractivity contribution in [2.24, 2.45) is 11.8 Å². The lowest BCUT2D eigenvalue weighted by Gasteiger charge is -2.28. The van der Waals surface area contributed by atoms with Crippen molar-refractivity contribution < 1.29 is 0 Å². The molecule has 1 rings (SSSR count). The lowest BCUT2D eigenvalue weighted by Crippen LogP contribution is -2.31. The van der Waals surface area contributed by atoms with Crippen molar-refractivity contribution in [2.45, 2.75) is 53.4 Å². The SMILES string of the molecule is CCCc1c(NN)ncnc1N(CC)CC(CC)CC. The number of hydrogen-bond donors (Lipinski definition) is 2. The van der Waals surface area contributed by atoms with Crippen LogP contribution in [0.1, 0.15) is 52.5 Å². The van der Waals surface area contributed by atoms with Crippen LogP contribution in [0.2, 0.25) is 0 Å². The Morgan fingerprint density at radius 1 is 1.20 bits per heavy atom. The Morgan fingerprint density at radius 2 is 1.90 bits per heavy atom. The minimum Gasteiger partial charge on any atom is -0.356 e. The van der Waals surface area contributed by atoms with Crippen molar-refractivity contribution in [2.75, 3.05) is 23.4 Å². The number of nitrogens with one attached hydrogen (secondary N) is 1. The Kier molecular flexibility index (Phi) is 7.30. The zero-order valence-corrected chi connectivity index (χ0v) is 13.3. The Labute approximate surface area is 123 Å². The zero-order chi connectivity index (χ0) is 15.0. The van der Waals surface area contributed by atoms with Crippen LogP contribution in [-0.4, -0.2) is 23.1 Å². The van der Waals surface area contributed by atoms with E-state index >= 15 is 0 Å². The molecule has 114 valence electrons. The summed E-state index contributed by atoms with van der Waals surface area (Å²) in [6.07, 6.45) is 5.98. The molecule has 3 N–H and O–H groups in total. The molecule has 0 aliphatic heterocycles. The molecule has 0 atom stereocenters. The summed E-state index contributed by atoms with van der Waals surface area (Å²) in [6, 6.07) is 0. The van der Waals surface area contributed by atoms with Crippen LogP contribution in [0.5, 0.6) is 0 Å². The molecule has 0 radical (unpaired) electrons. The van der Waals surface area contributed by atoms with Crippen molar-refractivity contribution in [3.05, 3.63) is 11.9 Å². The standard InChI is InChI=1S/C15H29N5/c1-5-9-13-14(19-16)17-11-18-15(13)20(8-4)10-12(6-2)7-3/h11-12H,5-10,16H2,1-4H3,(H,17,18,19). The number of anilines is 2. The van der Waals surface area contributed by atoms with E-state index in [1.54, 1.807) is 6.33 Å². The first-order valence-electron chi connectivity index (χ1n) is 7.77. The summed E-state index contributed by atoms with van der Waals surface area (Å²) in [5.74, 6) is 8.07. The zero-order valence-electron chi connectivity index (χ0n) is 13.3. The van der Waals surface area contributed by atoms with E-state index in [-0.39, 0.29) is 0 Å². The van der Waals surface area contributed by atoms with Crippen molar-refractivity contribution in [1.82, 2.24) is 9.97 Å². The summed E-state index contributed by atoms with van der Waals surface area (Å²) >= 11 is 0. The maximum absolute atomic E-state index is 5.59. The summed E-state index contributed by atoms with van der Waals surface area (Å²) in [5, 5.41) is 0. The number of aromatic nitrogens is 2. The van der Waals surface area contributed by atoms with Crippen molar-refractivity contribution in [3.63, 3.8) is 0 Å². The van der Waals surface area contributed by atoms with Crippen LogP contribution in [0.3, 0.4) is 0 Å². The monoisotopic (exact) mass is 279 g/mol. The van der Waals surface area contributed by atoms with Gasteiger partial charge in [-0.2, -0.15) is 0 Å². The molecule has 5 heteroatoms. The van der Waals surface area contributed by atoms with Crippen LogP contribution >= 0.6 is 0 Å². The summed E-state index contributed by atoms with van der Waals surface area (Å²) < 4.78 is 0. The van der Waals surface area contributed by atoms with Crippen LogP contribution < -0.4 is 16.2 Å². The predicted octanol–water partition coefficient (Wildman–Crippen LogP) is 2.98. The number of nitrogens with zero attached hydrogens (tertiary/aromatic N) is 3. The van der Waals surface area contributed by atoms with Gasteiger partial charge in [0.2, 0.25) is 0 Å². The minimum absolute atomic E-state index is 0.702. The van der Waals surface area contributed by atoms with E-state index in [0.29, 0.717) is 5.92 Å². The molecular weight excluding hydrogens is 250 g/mol. The Bertz CT molecular complexity index is 390. The van der Waals surface area contributed by atoms with Gasteiger partial charge < -0.3 is 10.3 Å². The summed E-state index contributed by atoms with van der Waals surface area (Å²) in [4.78, 5) is 11.1. The van der Waals surface area contributed by atoms with E-state index in [4.69, 9.17) is 5.84 Å². The first kappa shape index (κ1) is 16.7. The normalized spacial score (nSPS) is 10.9. The summed E-state index contributed by atoms with van der Waals surface area (Å²) in [7, 11) is 0. The Morgan fingerprint density at radius 3 is 2.40 bits per heavy atom. The second-order valence-electron chi connectivity index (χ2n) is 5.14. The largest absolute Gasteiger partial charge is 0.356 e. The van der Waals surface area contributed by atoms with Gasteiger partial charge in [-0.15, -0.1) is 0 Å². The molecule has 0 saturated heterocycles. The van der Waals surface area contributed by atoms with E-state index in [1.807, 2.05) is 0 Å². The fourth-order valence-corrected chi connectivity index (χ4v) is 2.50. The van der Waals surface area contributed by atoms with Crippen LogP contribution in [0.15, 0.2) is 6.33 Å². The molecule has 1 heterocycles. The highest BCUT2D eigenvalue weighted by atomic mass is 15.3. The molecule has 0 saturated carbocycles. The Balaban J connectivity index is 3.07. The molecule has 1 aromatic rings. The van der Waals surface area contributed by atoms with Crippen molar-refractivity contribution in [1.29, 1.82) is 0 Å². The number of hydrazine groups is 1. The molecule has 0 unspecified atom stereocenters. The maximum atomic E-state index is 5.59. The molecular formula is C15H29N5. The lowest BCUT2D eigenvalue weighted by atomic mass is 10.0. The van der Waals surface area contributed by atoms with E-state index in [1.165, 1.54) is 12.8 Å². The van der Waals surface area contributed by atoms with E-state index in [9.17, 15) is 0 Å². The van der Waals surface area contributed by atoms with Gasteiger partial charge in [0.05, 0.1) is 0 Å². The first-order chi connectivity index (χ1) is 9.71. The molecule has 1 aromatic heterocycles. The smallest absolute Gasteiger partial charge is 0.148 e. The van der Waals surface area contributed by atoms with Crippen LogP contribution in [0.25, 0.3) is 0 Å². The van der Waals surface area contributed by atoms with E-state index in [2.05, 4.69) is 48.0 Å². The first-order valence-corrected chi connectivity index (χ1v) is 7.77. The summed E-state index contributed by atoms with van der Waals surface area (Å²) in [5.41, 5.74) is 3.83. The third-order valence-electron chi connectivity index (χ3n) is 3.87. The fraction of sp³-hybridized carbons (Fsp3) is 0.733. The van der Waals surface area contributed by atoms with Gasteiger partial charge in [-0.05, 0) is 19.3 Å². The molecule has 0 fully saturated rings. The van der Waals surface area contributed by atoms with Gasteiger partial charge in [0.25, 0.3) is 0 Å². The average molecular weight is 279 g/mol. The highest BCUT2D eigenvalue weighted by Gasteiger charge is 2.17. The number of hydrogen-bond acceptors (Lipinski definition) is 5. The molecule has 0 aromatic carbocycles. The second kappa shape index (κ2) is 8.74. The van der Waals surface area contributed by atoms with Crippen LogP contribution in [0.4, 0.5) is 11.6 Å². The van der Waals surface area contributed by atoms with Gasteiger partial charge in [0, 0.05) is 18.7 Å².